The van der Waals surface area contributed by atoms with Crippen LogP contribution in [0.5, 0.6) is 5.75 Å². The van der Waals surface area contributed by atoms with Gasteiger partial charge in [0.2, 0.25) is 12.0 Å². The summed E-state index contributed by atoms with van der Waals surface area (Å²) in [5, 5.41) is 1.99. The summed E-state index contributed by atoms with van der Waals surface area (Å²) in [6.45, 7) is 1.30. The van der Waals surface area contributed by atoms with E-state index in [1.165, 1.54) is 13.0 Å². The van der Waals surface area contributed by atoms with Crippen LogP contribution >= 0.6 is 11.6 Å². The maximum atomic E-state index is 13.1. The van der Waals surface area contributed by atoms with E-state index in [1.807, 2.05) is 0 Å². The van der Waals surface area contributed by atoms with Crippen LogP contribution < -0.4 is 10.1 Å². The van der Waals surface area contributed by atoms with Gasteiger partial charge in [0.1, 0.15) is 12.4 Å². The van der Waals surface area contributed by atoms with Crippen molar-refractivity contribution in [3.63, 3.8) is 0 Å². The SMILES string of the molecule is CC(=O)NCCOC(=O)C(Oc1ccc(Cl)c(C(F)(F)F)c1)c1ccccc1. The summed E-state index contributed by atoms with van der Waals surface area (Å²) in [5.74, 6) is -1.28. The number of ether oxygens (including phenoxy) is 2. The summed E-state index contributed by atoms with van der Waals surface area (Å²) >= 11 is 5.61. The number of benzene rings is 2. The van der Waals surface area contributed by atoms with Gasteiger partial charge < -0.3 is 14.8 Å². The van der Waals surface area contributed by atoms with E-state index < -0.39 is 28.8 Å². The second-order valence-electron chi connectivity index (χ2n) is 5.70. The van der Waals surface area contributed by atoms with Crippen molar-refractivity contribution >= 4 is 23.5 Å². The average Bonchev–Trinajstić information content (AvgIpc) is 2.64. The van der Waals surface area contributed by atoms with Crippen molar-refractivity contribution in [3.8, 4) is 5.75 Å². The monoisotopic (exact) mass is 415 g/mol. The third kappa shape index (κ3) is 6.16. The number of alkyl halides is 3. The molecule has 2 aromatic carbocycles. The van der Waals surface area contributed by atoms with Crippen LogP contribution in [-0.2, 0) is 20.5 Å². The molecule has 5 nitrogen and oxygen atoms in total. The van der Waals surface area contributed by atoms with Gasteiger partial charge in [0.15, 0.2) is 0 Å². The second-order valence-corrected chi connectivity index (χ2v) is 6.11. The summed E-state index contributed by atoms with van der Waals surface area (Å²) in [6.07, 6.45) is -5.96. The van der Waals surface area contributed by atoms with Crippen LogP contribution in [0.15, 0.2) is 48.5 Å². The molecular weight excluding hydrogens is 399 g/mol. The van der Waals surface area contributed by atoms with E-state index in [2.05, 4.69) is 5.32 Å². The minimum Gasteiger partial charge on any atom is -0.474 e. The van der Waals surface area contributed by atoms with Crippen LogP contribution in [0.1, 0.15) is 24.2 Å². The van der Waals surface area contributed by atoms with E-state index in [0.717, 1.165) is 12.1 Å². The summed E-state index contributed by atoms with van der Waals surface area (Å²) in [6, 6.07) is 11.2. The van der Waals surface area contributed by atoms with Crippen LogP contribution in [0.25, 0.3) is 0 Å². The van der Waals surface area contributed by atoms with Gasteiger partial charge in [0.05, 0.1) is 17.1 Å². The van der Waals surface area contributed by atoms with Crippen molar-refractivity contribution in [1.29, 1.82) is 0 Å². The van der Waals surface area contributed by atoms with Gasteiger partial charge >= 0.3 is 12.1 Å². The molecule has 0 fully saturated rings. The van der Waals surface area contributed by atoms with Crippen molar-refractivity contribution in [2.45, 2.75) is 19.2 Å². The Bertz CT molecular complexity index is 828. The number of halogens is 4. The lowest BCUT2D eigenvalue weighted by Crippen LogP contribution is -2.28. The molecule has 28 heavy (non-hydrogen) atoms. The van der Waals surface area contributed by atoms with Crippen LogP contribution in [0.4, 0.5) is 13.2 Å². The van der Waals surface area contributed by atoms with Crippen molar-refractivity contribution in [2.75, 3.05) is 13.2 Å². The molecular formula is C19H17ClF3NO4. The average molecular weight is 416 g/mol. The van der Waals surface area contributed by atoms with Crippen LogP contribution in [0.2, 0.25) is 5.02 Å². The molecule has 0 saturated carbocycles. The topological polar surface area (TPSA) is 64.6 Å². The predicted molar refractivity (Wildman–Crippen MR) is 95.9 cm³/mol. The Morgan fingerprint density at radius 1 is 1.14 bits per heavy atom. The zero-order valence-electron chi connectivity index (χ0n) is 14.8. The molecule has 1 N–H and O–H groups in total. The number of carbonyl (C=O) groups excluding carboxylic acids is 2. The standard InChI is InChI=1S/C19H17ClF3NO4/c1-12(25)24-9-10-27-18(26)17(13-5-3-2-4-6-13)28-14-7-8-16(20)15(11-14)19(21,22)23/h2-8,11,17H,9-10H2,1H3,(H,24,25). The Morgan fingerprint density at radius 2 is 1.82 bits per heavy atom. The molecule has 0 bridgehead atoms. The predicted octanol–water partition coefficient (Wildman–Crippen LogP) is 4.16. The smallest absolute Gasteiger partial charge is 0.417 e. The zero-order valence-corrected chi connectivity index (χ0v) is 15.5. The number of hydrogen-bond donors (Lipinski definition) is 1. The molecule has 1 atom stereocenters. The molecule has 150 valence electrons. The van der Waals surface area contributed by atoms with E-state index in [0.29, 0.717) is 5.56 Å². The lowest BCUT2D eigenvalue weighted by Gasteiger charge is -2.19. The molecule has 1 unspecified atom stereocenters. The molecule has 0 spiro atoms. The molecule has 0 aromatic heterocycles. The minimum atomic E-state index is -4.67. The maximum absolute atomic E-state index is 13.1. The number of esters is 1. The molecule has 2 aromatic rings. The number of carbonyl (C=O) groups is 2. The highest BCUT2D eigenvalue weighted by Crippen LogP contribution is 2.37. The fourth-order valence-electron chi connectivity index (χ4n) is 2.27. The van der Waals surface area contributed by atoms with Gasteiger partial charge in [-0.1, -0.05) is 41.9 Å². The molecule has 0 saturated heterocycles. The largest absolute Gasteiger partial charge is 0.474 e. The van der Waals surface area contributed by atoms with Crippen molar-refractivity contribution < 1.29 is 32.2 Å². The molecule has 1 amide bonds. The lowest BCUT2D eigenvalue weighted by molar-refractivity contribution is -0.152. The molecule has 0 aliphatic rings. The van der Waals surface area contributed by atoms with Gasteiger partial charge in [-0.05, 0) is 18.2 Å². The maximum Gasteiger partial charge on any atom is 0.417 e. The Labute approximate surface area is 164 Å². The first-order valence-electron chi connectivity index (χ1n) is 8.18. The van der Waals surface area contributed by atoms with E-state index in [9.17, 15) is 22.8 Å². The van der Waals surface area contributed by atoms with Gasteiger partial charge in [-0.2, -0.15) is 13.2 Å². The normalized spacial score (nSPS) is 12.2. The fourth-order valence-corrected chi connectivity index (χ4v) is 2.49. The van der Waals surface area contributed by atoms with E-state index >= 15 is 0 Å². The number of hydrogen-bond acceptors (Lipinski definition) is 4. The van der Waals surface area contributed by atoms with Crippen LogP contribution in [0.3, 0.4) is 0 Å². The molecule has 2 rings (SSSR count). The fraction of sp³-hybridized carbons (Fsp3) is 0.263. The van der Waals surface area contributed by atoms with Crippen molar-refractivity contribution in [2.24, 2.45) is 0 Å². The molecule has 0 radical (unpaired) electrons. The van der Waals surface area contributed by atoms with Gasteiger partial charge in [-0.25, -0.2) is 4.79 Å². The first kappa shape index (κ1) is 21.6. The van der Waals surface area contributed by atoms with E-state index in [-0.39, 0.29) is 24.8 Å². The highest BCUT2D eigenvalue weighted by molar-refractivity contribution is 6.31. The summed E-state index contributed by atoms with van der Waals surface area (Å²) < 4.78 is 49.7. The van der Waals surface area contributed by atoms with E-state index in [1.54, 1.807) is 30.3 Å². The highest BCUT2D eigenvalue weighted by Gasteiger charge is 2.34. The Morgan fingerprint density at radius 3 is 2.43 bits per heavy atom. The van der Waals surface area contributed by atoms with Gasteiger partial charge in [0, 0.05) is 12.5 Å². The van der Waals surface area contributed by atoms with Crippen LogP contribution in [-0.4, -0.2) is 25.0 Å². The first-order chi connectivity index (χ1) is 13.2. The molecule has 9 heteroatoms. The first-order valence-corrected chi connectivity index (χ1v) is 8.55. The molecule has 0 heterocycles. The summed E-state index contributed by atoms with van der Waals surface area (Å²) in [4.78, 5) is 23.3. The van der Waals surface area contributed by atoms with Gasteiger partial charge in [0.25, 0.3) is 0 Å². The molecule has 0 aliphatic heterocycles. The van der Waals surface area contributed by atoms with E-state index in [4.69, 9.17) is 21.1 Å². The number of nitrogens with one attached hydrogen (secondary N) is 1. The third-order valence-electron chi connectivity index (χ3n) is 3.53. The minimum absolute atomic E-state index is 0.0990. The highest BCUT2D eigenvalue weighted by atomic mass is 35.5. The lowest BCUT2D eigenvalue weighted by atomic mass is 10.1. The quantitative estimate of drug-likeness (QED) is 0.545. The summed E-state index contributed by atoms with van der Waals surface area (Å²) in [7, 11) is 0. The second kappa shape index (κ2) is 9.45. The number of rotatable bonds is 7. The zero-order chi connectivity index (χ0) is 20.7. The third-order valence-corrected chi connectivity index (χ3v) is 3.86. The van der Waals surface area contributed by atoms with Gasteiger partial charge in [-0.15, -0.1) is 0 Å². The Hall–Kier alpha value is -2.74. The Kier molecular flexibility index (Phi) is 7.28. The van der Waals surface area contributed by atoms with Crippen LogP contribution in [0, 0.1) is 0 Å². The van der Waals surface area contributed by atoms with Crippen molar-refractivity contribution in [1.82, 2.24) is 5.32 Å². The molecule has 0 aliphatic carbocycles. The van der Waals surface area contributed by atoms with Crippen molar-refractivity contribution in [3.05, 3.63) is 64.7 Å². The van der Waals surface area contributed by atoms with Gasteiger partial charge in [-0.3, -0.25) is 4.79 Å². The number of amides is 1. The summed E-state index contributed by atoms with van der Waals surface area (Å²) in [5.41, 5.74) is -0.673. The Balaban J connectivity index is 2.21.